The molecule has 0 aliphatic carbocycles. The Bertz CT molecular complexity index is 1220. The Morgan fingerprint density at radius 1 is 1.14 bits per heavy atom. The van der Waals surface area contributed by atoms with Gasteiger partial charge in [0, 0.05) is 24.2 Å². The number of aromatic nitrogens is 4. The number of hydrogen-bond acceptors (Lipinski definition) is 8. The second-order valence-electron chi connectivity index (χ2n) is 8.22. The zero-order valence-electron chi connectivity index (χ0n) is 19.1. The van der Waals surface area contributed by atoms with Gasteiger partial charge in [-0.25, -0.2) is 19.7 Å². The molecule has 1 aliphatic rings. The van der Waals surface area contributed by atoms with Crippen molar-refractivity contribution in [3.8, 4) is 11.1 Å². The molecule has 12 heteroatoms. The molecular formula is C23H23F3N6O3. The lowest BCUT2D eigenvalue weighted by atomic mass is 10.0. The fourth-order valence-corrected chi connectivity index (χ4v) is 3.74. The van der Waals surface area contributed by atoms with Gasteiger partial charge in [0.25, 0.3) is 0 Å². The Morgan fingerprint density at radius 3 is 2.49 bits per heavy atom. The number of alkyl halides is 3. The highest BCUT2D eigenvalue weighted by Crippen LogP contribution is 2.34. The Labute approximate surface area is 199 Å². The third-order valence-corrected chi connectivity index (χ3v) is 5.62. The molecule has 0 spiro atoms. The molecule has 4 rings (SSSR count). The van der Waals surface area contributed by atoms with Gasteiger partial charge in [0.15, 0.2) is 0 Å². The number of benzene rings is 1. The maximum Gasteiger partial charge on any atom is 0.416 e. The first-order valence-electron chi connectivity index (χ1n) is 10.8. The second kappa shape index (κ2) is 9.45. The van der Waals surface area contributed by atoms with Crippen molar-refractivity contribution in [3.05, 3.63) is 59.8 Å². The molecule has 1 aliphatic heterocycles. The van der Waals surface area contributed by atoms with Crippen LogP contribution < -0.4 is 10.2 Å². The highest BCUT2D eigenvalue weighted by Gasteiger charge is 2.38. The Hall–Kier alpha value is -3.80. The van der Waals surface area contributed by atoms with E-state index < -0.39 is 36.0 Å². The van der Waals surface area contributed by atoms with Gasteiger partial charge in [0.05, 0.1) is 17.7 Å². The van der Waals surface area contributed by atoms with Crippen molar-refractivity contribution in [2.24, 2.45) is 0 Å². The molecule has 35 heavy (non-hydrogen) atoms. The molecule has 1 fully saturated rings. The van der Waals surface area contributed by atoms with E-state index in [2.05, 4.69) is 25.3 Å². The summed E-state index contributed by atoms with van der Waals surface area (Å²) in [5, 5.41) is 13.0. The molecule has 3 atom stereocenters. The SMILES string of the molecule is Cc1cc(-c2cnc([C@H](C)Nc3nccc(N4C(=O)OC[C@@H]4[C@@H](C)O)n3)nc2)ccc1C(F)(F)F. The van der Waals surface area contributed by atoms with Gasteiger partial charge >= 0.3 is 12.3 Å². The van der Waals surface area contributed by atoms with Crippen LogP contribution in [0.4, 0.5) is 29.7 Å². The normalized spacial score (nSPS) is 17.7. The van der Waals surface area contributed by atoms with E-state index in [4.69, 9.17) is 4.74 Å². The average molecular weight is 488 g/mol. The molecule has 0 radical (unpaired) electrons. The molecule has 9 nitrogen and oxygen atoms in total. The smallest absolute Gasteiger partial charge is 0.416 e. The van der Waals surface area contributed by atoms with Gasteiger partial charge in [-0.1, -0.05) is 12.1 Å². The number of nitrogens with zero attached hydrogens (tertiary/aromatic N) is 5. The van der Waals surface area contributed by atoms with Crippen LogP contribution in [-0.2, 0) is 10.9 Å². The third kappa shape index (κ3) is 5.16. The van der Waals surface area contributed by atoms with Crippen molar-refractivity contribution in [3.63, 3.8) is 0 Å². The van der Waals surface area contributed by atoms with Crippen LogP contribution in [0.1, 0.15) is 36.8 Å². The van der Waals surface area contributed by atoms with E-state index >= 15 is 0 Å². The van der Waals surface area contributed by atoms with Gasteiger partial charge in [-0.2, -0.15) is 18.2 Å². The van der Waals surface area contributed by atoms with Crippen molar-refractivity contribution in [2.75, 3.05) is 16.8 Å². The van der Waals surface area contributed by atoms with Gasteiger partial charge < -0.3 is 15.2 Å². The van der Waals surface area contributed by atoms with Gasteiger partial charge in [0.1, 0.15) is 24.3 Å². The highest BCUT2D eigenvalue weighted by molar-refractivity contribution is 5.89. The summed E-state index contributed by atoms with van der Waals surface area (Å²) >= 11 is 0. The molecule has 184 valence electrons. The summed E-state index contributed by atoms with van der Waals surface area (Å²) in [4.78, 5) is 30.6. The number of amides is 1. The zero-order valence-corrected chi connectivity index (χ0v) is 19.1. The third-order valence-electron chi connectivity index (χ3n) is 5.62. The van der Waals surface area contributed by atoms with E-state index in [0.717, 1.165) is 6.07 Å². The molecule has 3 aromatic rings. The standard InChI is InChI=1S/C23H23F3N6O3/c1-12-8-15(4-5-17(12)23(24,25)26)16-9-28-20(29-10-16)13(2)30-21-27-7-6-19(31-21)32-18(14(3)33)11-35-22(32)34/h4-10,13-14,18,33H,11H2,1-3H3,(H,27,30,31)/t13-,14+,18+/m0/s1. The average Bonchev–Trinajstić information content (AvgIpc) is 3.20. The minimum Gasteiger partial charge on any atom is -0.447 e. The monoisotopic (exact) mass is 488 g/mol. The molecular weight excluding hydrogens is 465 g/mol. The largest absolute Gasteiger partial charge is 0.447 e. The Kier molecular flexibility index (Phi) is 6.57. The first-order valence-corrected chi connectivity index (χ1v) is 10.8. The molecule has 3 heterocycles. The lowest BCUT2D eigenvalue weighted by Gasteiger charge is -2.23. The molecule has 0 unspecified atom stereocenters. The van der Waals surface area contributed by atoms with Crippen molar-refractivity contribution < 1.29 is 27.8 Å². The number of carbonyl (C=O) groups excluding carboxylic acids is 1. The quantitative estimate of drug-likeness (QED) is 0.532. The van der Waals surface area contributed by atoms with E-state index in [1.807, 2.05) is 0 Å². The molecule has 0 bridgehead atoms. The fraction of sp³-hybridized carbons (Fsp3) is 0.348. The first kappa shape index (κ1) is 24.3. The minimum absolute atomic E-state index is 0.0539. The summed E-state index contributed by atoms with van der Waals surface area (Å²) in [5.41, 5.74) is 0.586. The number of anilines is 2. The van der Waals surface area contributed by atoms with Crippen LogP contribution in [0.3, 0.4) is 0 Å². The number of carbonyl (C=O) groups is 1. The van der Waals surface area contributed by atoms with Crippen LogP contribution in [0.5, 0.6) is 0 Å². The number of aryl methyl sites for hydroxylation is 1. The van der Waals surface area contributed by atoms with Crippen molar-refractivity contribution in [1.29, 1.82) is 0 Å². The number of rotatable bonds is 6. The molecule has 1 aromatic carbocycles. The van der Waals surface area contributed by atoms with E-state index in [-0.39, 0.29) is 23.9 Å². The number of ether oxygens (including phenoxy) is 1. The van der Waals surface area contributed by atoms with Crippen molar-refractivity contribution in [1.82, 2.24) is 19.9 Å². The summed E-state index contributed by atoms with van der Waals surface area (Å²) in [6.07, 6.45) is -1.28. The van der Waals surface area contributed by atoms with E-state index in [0.29, 0.717) is 17.0 Å². The molecule has 2 aromatic heterocycles. The molecule has 1 amide bonds. The summed E-state index contributed by atoms with van der Waals surface area (Å²) in [5.74, 6) is 0.899. The number of hydrogen-bond donors (Lipinski definition) is 2. The zero-order chi connectivity index (χ0) is 25.3. The first-order chi connectivity index (χ1) is 16.5. The summed E-state index contributed by atoms with van der Waals surface area (Å²) in [6, 6.07) is 4.44. The minimum atomic E-state index is -4.41. The summed E-state index contributed by atoms with van der Waals surface area (Å²) in [7, 11) is 0. The number of aliphatic hydroxyl groups is 1. The van der Waals surface area contributed by atoms with Gasteiger partial charge in [-0.15, -0.1) is 0 Å². The van der Waals surface area contributed by atoms with E-state index in [1.165, 1.54) is 48.6 Å². The summed E-state index contributed by atoms with van der Waals surface area (Å²) < 4.78 is 44.1. The van der Waals surface area contributed by atoms with Crippen LogP contribution in [0, 0.1) is 6.92 Å². The second-order valence-corrected chi connectivity index (χ2v) is 8.22. The van der Waals surface area contributed by atoms with Gasteiger partial charge in [-0.3, -0.25) is 4.90 Å². The van der Waals surface area contributed by atoms with E-state index in [9.17, 15) is 23.1 Å². The van der Waals surface area contributed by atoms with Crippen LogP contribution in [0.2, 0.25) is 0 Å². The van der Waals surface area contributed by atoms with Crippen LogP contribution >= 0.6 is 0 Å². The van der Waals surface area contributed by atoms with Crippen LogP contribution in [-0.4, -0.2) is 49.9 Å². The number of aliphatic hydroxyl groups excluding tert-OH is 1. The maximum atomic E-state index is 13.0. The van der Waals surface area contributed by atoms with Crippen LogP contribution in [0.25, 0.3) is 11.1 Å². The highest BCUT2D eigenvalue weighted by atomic mass is 19.4. The van der Waals surface area contributed by atoms with Crippen molar-refractivity contribution in [2.45, 2.75) is 45.1 Å². The lowest BCUT2D eigenvalue weighted by Crippen LogP contribution is -2.41. The number of halogens is 3. The maximum absolute atomic E-state index is 13.0. The Balaban J connectivity index is 1.49. The topological polar surface area (TPSA) is 113 Å². The van der Waals surface area contributed by atoms with E-state index in [1.54, 1.807) is 13.8 Å². The number of cyclic esters (lactones) is 1. The fourth-order valence-electron chi connectivity index (χ4n) is 3.74. The molecule has 0 saturated carbocycles. The summed E-state index contributed by atoms with van der Waals surface area (Å²) in [6.45, 7) is 4.82. The predicted octanol–water partition coefficient (Wildman–Crippen LogP) is 4.14. The predicted molar refractivity (Wildman–Crippen MR) is 121 cm³/mol. The van der Waals surface area contributed by atoms with Crippen molar-refractivity contribution >= 4 is 17.9 Å². The van der Waals surface area contributed by atoms with Crippen LogP contribution in [0.15, 0.2) is 42.9 Å². The number of nitrogens with one attached hydrogen (secondary N) is 1. The Morgan fingerprint density at radius 2 is 1.86 bits per heavy atom. The van der Waals surface area contributed by atoms with Gasteiger partial charge in [0.2, 0.25) is 5.95 Å². The molecule has 2 N–H and O–H groups in total. The molecule has 1 saturated heterocycles. The van der Waals surface area contributed by atoms with Gasteiger partial charge in [-0.05, 0) is 44.0 Å². The lowest BCUT2D eigenvalue weighted by molar-refractivity contribution is -0.138.